The molecule has 1 aromatic rings. The third-order valence-corrected chi connectivity index (χ3v) is 6.37. The number of halogens is 2. The fourth-order valence-electron chi connectivity index (χ4n) is 4.41. The molecule has 31 heavy (non-hydrogen) atoms. The Morgan fingerprint density at radius 3 is 2.68 bits per heavy atom. The molecule has 168 valence electrons. The number of carbonyl (C=O) groups is 1. The van der Waals surface area contributed by atoms with Crippen LogP contribution in [0, 0.1) is 5.92 Å². The second-order valence-electron chi connectivity index (χ2n) is 8.75. The maximum atomic E-state index is 12.9. The number of amides is 1. The van der Waals surface area contributed by atoms with Crippen LogP contribution >= 0.6 is 0 Å². The van der Waals surface area contributed by atoms with E-state index >= 15 is 0 Å². The van der Waals surface area contributed by atoms with Gasteiger partial charge in [-0.1, -0.05) is 5.16 Å². The Labute approximate surface area is 179 Å². The Hall–Kier alpha value is -2.42. The largest absolute Gasteiger partial charge is 0.486 e. The fourth-order valence-corrected chi connectivity index (χ4v) is 4.41. The monoisotopic (exact) mass is 436 g/mol. The number of rotatable bonds is 6. The number of hydrogen-bond donors (Lipinski definition) is 0. The molecule has 0 bridgehead atoms. The minimum Gasteiger partial charge on any atom is -0.486 e. The van der Waals surface area contributed by atoms with Gasteiger partial charge in [0, 0.05) is 50.3 Å². The van der Waals surface area contributed by atoms with Crippen LogP contribution in [0.4, 0.5) is 8.78 Å². The van der Waals surface area contributed by atoms with Gasteiger partial charge < -0.3 is 23.9 Å². The van der Waals surface area contributed by atoms with Gasteiger partial charge in [-0.3, -0.25) is 4.79 Å². The van der Waals surface area contributed by atoms with E-state index in [9.17, 15) is 13.6 Å². The van der Waals surface area contributed by atoms with Gasteiger partial charge in [-0.05, 0) is 31.0 Å². The van der Waals surface area contributed by atoms with Crippen LogP contribution in [0.5, 0.6) is 11.5 Å². The maximum absolute atomic E-state index is 12.9. The van der Waals surface area contributed by atoms with E-state index < -0.39 is 12.2 Å². The van der Waals surface area contributed by atoms with Crippen molar-refractivity contribution in [2.45, 2.75) is 56.8 Å². The van der Waals surface area contributed by atoms with Crippen molar-refractivity contribution < 1.29 is 32.6 Å². The van der Waals surface area contributed by atoms with Crippen LogP contribution < -0.4 is 9.47 Å². The summed E-state index contributed by atoms with van der Waals surface area (Å²) in [6.07, 6.45) is 4.48. The highest BCUT2D eigenvalue weighted by molar-refractivity contribution is 6.02. The van der Waals surface area contributed by atoms with Gasteiger partial charge in [-0.15, -0.1) is 0 Å². The number of likely N-dealkylation sites (tertiary alicyclic amines) is 1. The molecule has 1 aliphatic carbocycles. The van der Waals surface area contributed by atoms with Gasteiger partial charge in [0.05, 0.1) is 18.9 Å². The van der Waals surface area contributed by atoms with Gasteiger partial charge in [0.2, 0.25) is 5.91 Å². The number of nitrogens with zero attached hydrogens (tertiary/aromatic N) is 2. The standard InChI is InChI=1S/C22H26F2N2O5/c23-21(24)30-18-4-3-15(17-12-22(31-25-17)7-10-28-13-22)11-19(18)29-16-5-8-26(9-6-16)20(27)14-1-2-14/h3-4,11,14,16,21H,1-2,5-10,12-13H2. The minimum absolute atomic E-state index is 0.00587. The Bertz CT molecular complexity index is 859. The van der Waals surface area contributed by atoms with E-state index in [0.717, 1.165) is 30.5 Å². The smallest absolute Gasteiger partial charge is 0.387 e. The number of ether oxygens (including phenoxy) is 3. The zero-order valence-corrected chi connectivity index (χ0v) is 17.2. The predicted molar refractivity (Wildman–Crippen MR) is 106 cm³/mol. The summed E-state index contributed by atoms with van der Waals surface area (Å²) in [5, 5.41) is 4.22. The van der Waals surface area contributed by atoms with E-state index in [4.69, 9.17) is 14.3 Å². The van der Waals surface area contributed by atoms with Crippen LogP contribution in [0.2, 0.25) is 0 Å². The molecule has 1 unspecified atom stereocenters. The van der Waals surface area contributed by atoms with Crippen LogP contribution in [0.25, 0.3) is 0 Å². The number of hydrogen-bond acceptors (Lipinski definition) is 6. The third-order valence-electron chi connectivity index (χ3n) is 6.37. The fraction of sp³-hybridized carbons (Fsp3) is 0.636. The summed E-state index contributed by atoms with van der Waals surface area (Å²) in [7, 11) is 0. The topological polar surface area (TPSA) is 69.6 Å². The summed E-state index contributed by atoms with van der Waals surface area (Å²) in [6.45, 7) is -0.576. The molecule has 7 nitrogen and oxygen atoms in total. The molecular weight excluding hydrogens is 410 g/mol. The summed E-state index contributed by atoms with van der Waals surface area (Å²) in [6, 6.07) is 4.87. The van der Waals surface area contributed by atoms with Crippen molar-refractivity contribution in [3.05, 3.63) is 23.8 Å². The van der Waals surface area contributed by atoms with Gasteiger partial charge in [-0.2, -0.15) is 8.78 Å². The highest BCUT2D eigenvalue weighted by Gasteiger charge is 2.43. The highest BCUT2D eigenvalue weighted by atomic mass is 19.3. The molecule has 5 rings (SSSR count). The molecule has 1 spiro atoms. The normalized spacial score (nSPS) is 26.3. The zero-order chi connectivity index (χ0) is 21.4. The molecule has 4 aliphatic rings. The molecule has 1 saturated carbocycles. The first kappa shape index (κ1) is 20.5. The van der Waals surface area contributed by atoms with Crippen molar-refractivity contribution in [2.24, 2.45) is 11.1 Å². The van der Waals surface area contributed by atoms with E-state index in [0.29, 0.717) is 45.6 Å². The quantitative estimate of drug-likeness (QED) is 0.684. The van der Waals surface area contributed by atoms with Crippen molar-refractivity contribution in [3.8, 4) is 11.5 Å². The predicted octanol–water partition coefficient (Wildman–Crippen LogP) is 3.35. The average Bonchev–Trinajstić information content (AvgIpc) is 3.38. The van der Waals surface area contributed by atoms with Crippen LogP contribution in [0.1, 0.15) is 44.1 Å². The molecule has 3 aliphatic heterocycles. The Kier molecular flexibility index (Phi) is 5.45. The molecule has 1 atom stereocenters. The highest BCUT2D eigenvalue weighted by Crippen LogP contribution is 2.38. The lowest BCUT2D eigenvalue weighted by Crippen LogP contribution is -2.42. The average molecular weight is 436 g/mol. The summed E-state index contributed by atoms with van der Waals surface area (Å²) in [5.41, 5.74) is 1.07. The SMILES string of the molecule is O=C(C1CC1)N1CCC(Oc2cc(C3=NOC4(CCOC4)C3)ccc2OC(F)F)CC1. The molecule has 1 aromatic carbocycles. The second kappa shape index (κ2) is 8.26. The van der Waals surface area contributed by atoms with Crippen molar-refractivity contribution in [1.82, 2.24) is 4.90 Å². The van der Waals surface area contributed by atoms with Crippen LogP contribution in [-0.4, -0.2) is 61.1 Å². The van der Waals surface area contributed by atoms with Gasteiger partial charge in [0.1, 0.15) is 6.10 Å². The molecule has 1 amide bonds. The number of oxime groups is 1. The summed E-state index contributed by atoms with van der Waals surface area (Å²) < 4.78 is 42.1. The lowest BCUT2D eigenvalue weighted by Gasteiger charge is -2.32. The Balaban J connectivity index is 1.28. The lowest BCUT2D eigenvalue weighted by molar-refractivity contribution is -0.134. The van der Waals surface area contributed by atoms with Gasteiger partial charge in [-0.25, -0.2) is 0 Å². The van der Waals surface area contributed by atoms with Gasteiger partial charge in [0.15, 0.2) is 17.1 Å². The van der Waals surface area contributed by atoms with Crippen LogP contribution in [-0.2, 0) is 14.4 Å². The summed E-state index contributed by atoms with van der Waals surface area (Å²) in [4.78, 5) is 19.8. The second-order valence-corrected chi connectivity index (χ2v) is 8.75. The van der Waals surface area contributed by atoms with E-state index in [-0.39, 0.29) is 29.4 Å². The van der Waals surface area contributed by atoms with E-state index in [1.54, 1.807) is 12.1 Å². The first-order valence-electron chi connectivity index (χ1n) is 10.9. The summed E-state index contributed by atoms with van der Waals surface area (Å²) >= 11 is 0. The lowest BCUT2D eigenvalue weighted by atomic mass is 9.93. The number of alkyl halides is 2. The van der Waals surface area contributed by atoms with Crippen LogP contribution in [0.15, 0.2) is 23.4 Å². The van der Waals surface area contributed by atoms with E-state index in [1.807, 2.05) is 4.90 Å². The first-order chi connectivity index (χ1) is 15.0. The summed E-state index contributed by atoms with van der Waals surface area (Å²) in [5.74, 6) is 0.680. The number of piperidine rings is 1. The first-order valence-corrected chi connectivity index (χ1v) is 10.9. The molecule has 2 saturated heterocycles. The Morgan fingerprint density at radius 1 is 1.19 bits per heavy atom. The Morgan fingerprint density at radius 2 is 2.00 bits per heavy atom. The minimum atomic E-state index is -2.95. The molecule has 0 aromatic heterocycles. The van der Waals surface area contributed by atoms with E-state index in [2.05, 4.69) is 9.89 Å². The van der Waals surface area contributed by atoms with Gasteiger partial charge >= 0.3 is 6.61 Å². The van der Waals surface area contributed by atoms with E-state index in [1.165, 1.54) is 6.07 Å². The molecule has 9 heteroatoms. The zero-order valence-electron chi connectivity index (χ0n) is 17.2. The maximum Gasteiger partial charge on any atom is 0.387 e. The van der Waals surface area contributed by atoms with Crippen LogP contribution in [0.3, 0.4) is 0 Å². The number of carbonyl (C=O) groups excluding carboxylic acids is 1. The third kappa shape index (κ3) is 4.46. The molecule has 0 radical (unpaired) electrons. The number of benzene rings is 1. The molecule has 3 fully saturated rings. The van der Waals surface area contributed by atoms with Crippen molar-refractivity contribution >= 4 is 11.6 Å². The van der Waals surface area contributed by atoms with Gasteiger partial charge in [0.25, 0.3) is 0 Å². The van der Waals surface area contributed by atoms with Crippen molar-refractivity contribution in [1.29, 1.82) is 0 Å². The van der Waals surface area contributed by atoms with Crippen molar-refractivity contribution in [3.63, 3.8) is 0 Å². The van der Waals surface area contributed by atoms with Crippen molar-refractivity contribution in [2.75, 3.05) is 26.3 Å². The molecular formula is C22H26F2N2O5. The molecule has 0 N–H and O–H groups in total. The molecule has 3 heterocycles.